The van der Waals surface area contributed by atoms with Crippen LogP contribution in [0, 0.1) is 0 Å². The molecule has 0 saturated heterocycles. The normalized spacial score (nSPS) is 11.0. The fourth-order valence-electron chi connectivity index (χ4n) is 1.58. The molecule has 1 rings (SSSR count). The molecule has 1 heteroatoms. The molecule has 0 bridgehead atoms. The topological polar surface area (TPSA) is 12.0 Å². The van der Waals surface area contributed by atoms with Gasteiger partial charge < -0.3 is 5.32 Å². The Bertz CT molecular complexity index is 273. The van der Waals surface area contributed by atoms with Crippen molar-refractivity contribution >= 4 is 5.69 Å². The molecule has 0 aliphatic carbocycles. The van der Waals surface area contributed by atoms with E-state index in [1.165, 1.54) is 0 Å². The van der Waals surface area contributed by atoms with Gasteiger partial charge in [0.05, 0.1) is 5.54 Å². The van der Waals surface area contributed by atoms with Crippen molar-refractivity contribution < 1.29 is 0 Å². The van der Waals surface area contributed by atoms with Crippen LogP contribution in [0.4, 0.5) is 5.69 Å². The highest BCUT2D eigenvalue weighted by Crippen LogP contribution is 2.22. The van der Waals surface area contributed by atoms with Gasteiger partial charge in [-0.2, -0.15) is 0 Å². The van der Waals surface area contributed by atoms with E-state index >= 15 is 0 Å². The van der Waals surface area contributed by atoms with Gasteiger partial charge in [0, 0.05) is 5.69 Å². The maximum Gasteiger partial charge on any atom is 0.0548 e. The van der Waals surface area contributed by atoms with Crippen LogP contribution >= 0.6 is 0 Å². The summed E-state index contributed by atoms with van der Waals surface area (Å²) in [6.07, 6.45) is 4.13. The van der Waals surface area contributed by atoms with Gasteiger partial charge in [0.25, 0.3) is 0 Å². The van der Waals surface area contributed by atoms with Crippen LogP contribution in [-0.4, -0.2) is 5.54 Å². The maximum atomic E-state index is 3.91. The summed E-state index contributed by atoms with van der Waals surface area (Å²) in [6.45, 7) is 8.27. The first kappa shape index (κ1) is 10.8. The van der Waals surface area contributed by atoms with Gasteiger partial charge in [-0.1, -0.05) is 38.1 Å². The summed E-state index contributed by atoms with van der Waals surface area (Å²) in [7, 11) is 0. The van der Waals surface area contributed by atoms with E-state index in [2.05, 4.69) is 37.9 Å². The van der Waals surface area contributed by atoms with Gasteiger partial charge in [-0.05, 0) is 25.0 Å². The first-order chi connectivity index (χ1) is 6.76. The average molecular weight is 189 g/mol. The molecule has 0 fully saturated rings. The first-order valence-electron chi connectivity index (χ1n) is 5.23. The van der Waals surface area contributed by atoms with Gasteiger partial charge >= 0.3 is 0 Å². The van der Waals surface area contributed by atoms with Crippen LogP contribution in [0.15, 0.2) is 43.0 Å². The second-order valence-electron chi connectivity index (χ2n) is 3.56. The predicted molar refractivity (Wildman–Crippen MR) is 63.6 cm³/mol. The quantitative estimate of drug-likeness (QED) is 0.694. The Balaban J connectivity index is 2.79. The Morgan fingerprint density at radius 1 is 1.21 bits per heavy atom. The smallest absolute Gasteiger partial charge is 0.0548 e. The molecule has 0 aliphatic rings. The fourth-order valence-corrected chi connectivity index (χ4v) is 1.58. The molecule has 0 heterocycles. The predicted octanol–water partition coefficient (Wildman–Crippen LogP) is 3.84. The van der Waals surface area contributed by atoms with Crippen molar-refractivity contribution in [1.82, 2.24) is 0 Å². The summed E-state index contributed by atoms with van der Waals surface area (Å²) in [5, 5.41) is 3.52. The summed E-state index contributed by atoms with van der Waals surface area (Å²) in [5.74, 6) is 0. The highest BCUT2D eigenvalue weighted by molar-refractivity contribution is 5.46. The van der Waals surface area contributed by atoms with Crippen molar-refractivity contribution in [2.24, 2.45) is 0 Å². The van der Waals surface area contributed by atoms with Crippen LogP contribution in [0.5, 0.6) is 0 Å². The second-order valence-corrected chi connectivity index (χ2v) is 3.56. The molecule has 0 aliphatic heterocycles. The molecule has 0 spiro atoms. The lowest BCUT2D eigenvalue weighted by atomic mass is 9.92. The summed E-state index contributed by atoms with van der Waals surface area (Å²) < 4.78 is 0. The van der Waals surface area contributed by atoms with E-state index in [0.717, 1.165) is 18.5 Å². The zero-order valence-electron chi connectivity index (χ0n) is 9.09. The van der Waals surface area contributed by atoms with Crippen LogP contribution in [-0.2, 0) is 0 Å². The summed E-state index contributed by atoms with van der Waals surface area (Å²) in [5.41, 5.74) is 1.21. The van der Waals surface area contributed by atoms with Crippen molar-refractivity contribution in [1.29, 1.82) is 0 Å². The standard InChI is InChI=1S/C13H19N/c1-4-13(5-2,6-3)14-12-10-8-7-9-11-12/h4,7-11,14H,1,5-6H2,2-3H3. The SMILES string of the molecule is C=CC(CC)(CC)Nc1ccccc1. The van der Waals surface area contributed by atoms with Crippen molar-refractivity contribution in [2.75, 3.05) is 5.32 Å². The van der Waals surface area contributed by atoms with Gasteiger partial charge in [-0.25, -0.2) is 0 Å². The molecule has 0 radical (unpaired) electrons. The van der Waals surface area contributed by atoms with Crippen LogP contribution in [0.2, 0.25) is 0 Å². The summed E-state index contributed by atoms with van der Waals surface area (Å²) in [6, 6.07) is 10.3. The van der Waals surface area contributed by atoms with Crippen LogP contribution < -0.4 is 5.32 Å². The zero-order valence-corrected chi connectivity index (χ0v) is 9.09. The summed E-state index contributed by atoms with van der Waals surface area (Å²) in [4.78, 5) is 0. The first-order valence-corrected chi connectivity index (χ1v) is 5.23. The van der Waals surface area contributed by atoms with Crippen molar-refractivity contribution in [3.63, 3.8) is 0 Å². The van der Waals surface area contributed by atoms with Gasteiger partial charge in [-0.3, -0.25) is 0 Å². The number of hydrogen-bond acceptors (Lipinski definition) is 1. The van der Waals surface area contributed by atoms with Gasteiger partial charge in [0.1, 0.15) is 0 Å². The maximum absolute atomic E-state index is 3.91. The molecular weight excluding hydrogens is 170 g/mol. The molecule has 0 unspecified atom stereocenters. The molecular formula is C13H19N. The molecule has 1 N–H and O–H groups in total. The van der Waals surface area contributed by atoms with E-state index in [1.807, 2.05) is 24.3 Å². The molecule has 76 valence electrons. The molecule has 0 amide bonds. The lowest BCUT2D eigenvalue weighted by Gasteiger charge is -2.30. The van der Waals surface area contributed by atoms with Gasteiger partial charge in [0.15, 0.2) is 0 Å². The van der Waals surface area contributed by atoms with E-state index in [0.29, 0.717) is 0 Å². The molecule has 14 heavy (non-hydrogen) atoms. The number of benzene rings is 1. The third kappa shape index (κ3) is 2.38. The molecule has 0 aromatic heterocycles. The monoisotopic (exact) mass is 189 g/mol. The number of rotatable bonds is 5. The third-order valence-electron chi connectivity index (χ3n) is 2.82. The molecule has 1 aromatic rings. The Morgan fingerprint density at radius 3 is 2.21 bits per heavy atom. The van der Waals surface area contributed by atoms with E-state index in [1.54, 1.807) is 0 Å². The Morgan fingerprint density at radius 2 is 1.79 bits per heavy atom. The lowest BCUT2D eigenvalue weighted by Crippen LogP contribution is -2.34. The van der Waals surface area contributed by atoms with Crippen LogP contribution in [0.1, 0.15) is 26.7 Å². The highest BCUT2D eigenvalue weighted by Gasteiger charge is 2.20. The number of anilines is 1. The Labute approximate surface area is 86.8 Å². The Hall–Kier alpha value is -1.24. The Kier molecular flexibility index (Phi) is 3.75. The van der Waals surface area contributed by atoms with E-state index in [9.17, 15) is 0 Å². The molecule has 0 saturated carbocycles. The number of hydrogen-bond donors (Lipinski definition) is 1. The molecule has 1 nitrogen and oxygen atoms in total. The van der Waals surface area contributed by atoms with Crippen LogP contribution in [0.3, 0.4) is 0 Å². The van der Waals surface area contributed by atoms with Crippen molar-refractivity contribution in [2.45, 2.75) is 32.2 Å². The third-order valence-corrected chi connectivity index (χ3v) is 2.82. The number of nitrogens with one attached hydrogen (secondary N) is 1. The summed E-state index contributed by atoms with van der Waals surface area (Å²) >= 11 is 0. The highest BCUT2D eigenvalue weighted by atomic mass is 15.0. The van der Waals surface area contributed by atoms with Crippen molar-refractivity contribution in [3.05, 3.63) is 43.0 Å². The van der Waals surface area contributed by atoms with Crippen LogP contribution in [0.25, 0.3) is 0 Å². The largest absolute Gasteiger partial charge is 0.376 e. The average Bonchev–Trinajstić information content (AvgIpc) is 2.28. The van der Waals surface area contributed by atoms with E-state index in [-0.39, 0.29) is 5.54 Å². The minimum Gasteiger partial charge on any atom is -0.376 e. The van der Waals surface area contributed by atoms with E-state index in [4.69, 9.17) is 0 Å². The molecule has 0 atom stereocenters. The minimum absolute atomic E-state index is 0.0430. The van der Waals surface area contributed by atoms with Crippen molar-refractivity contribution in [3.8, 4) is 0 Å². The molecule has 1 aromatic carbocycles. The minimum atomic E-state index is 0.0430. The second kappa shape index (κ2) is 4.85. The lowest BCUT2D eigenvalue weighted by molar-refractivity contribution is 0.537. The number of para-hydroxylation sites is 1. The van der Waals surface area contributed by atoms with E-state index < -0.39 is 0 Å². The van der Waals surface area contributed by atoms with Gasteiger partial charge in [-0.15, -0.1) is 6.58 Å². The zero-order chi connectivity index (χ0) is 10.4. The van der Waals surface area contributed by atoms with Gasteiger partial charge in [0.2, 0.25) is 0 Å². The fraction of sp³-hybridized carbons (Fsp3) is 0.385.